The zero-order chi connectivity index (χ0) is 47.8. The normalized spacial score (nSPS) is 20.9. The molecule has 0 saturated carbocycles. The number of nitrogens with one attached hydrogen (secondary N) is 1. The first-order valence-electron chi connectivity index (χ1n) is 23.1. The third-order valence-electron chi connectivity index (χ3n) is 14.1. The number of nitrogens with zero attached hydrogens (tertiary/aromatic N) is 7. The third kappa shape index (κ3) is 8.52. The van der Waals surface area contributed by atoms with Crippen LogP contribution in [0.15, 0.2) is 63.6 Å². The molecule has 0 bridgehead atoms. The van der Waals surface area contributed by atoms with Crippen molar-refractivity contribution in [3.63, 3.8) is 0 Å². The number of hydrogen-bond acceptors (Lipinski definition) is 12. The van der Waals surface area contributed by atoms with Crippen molar-refractivity contribution in [1.82, 2.24) is 34.7 Å². The topological polar surface area (TPSA) is 205 Å². The Morgan fingerprint density at radius 2 is 1.15 bits per heavy atom. The number of carbonyl (C=O) groups is 2. The second kappa shape index (κ2) is 17.6. The predicted octanol–water partition coefficient (Wildman–Crippen LogP) is 8.90. The fourth-order valence-corrected chi connectivity index (χ4v) is 13.8. The van der Waals surface area contributed by atoms with Gasteiger partial charge in [0, 0.05) is 46.8 Å². The Morgan fingerprint density at radius 3 is 1.62 bits per heavy atom. The molecule has 0 unspecified atom stereocenters. The van der Waals surface area contributed by atoms with E-state index in [-0.39, 0.29) is 59.0 Å². The van der Waals surface area contributed by atoms with Gasteiger partial charge in [-0.2, -0.15) is 0 Å². The Morgan fingerprint density at radius 1 is 0.632 bits per heavy atom. The van der Waals surface area contributed by atoms with Gasteiger partial charge in [-0.15, -0.1) is 0 Å². The predicted molar refractivity (Wildman–Crippen MR) is 259 cm³/mol. The number of fused-ring (bicyclic) bond motifs is 2. The molecule has 11 rings (SSSR count). The van der Waals surface area contributed by atoms with E-state index in [9.17, 15) is 26.4 Å². The van der Waals surface area contributed by atoms with E-state index in [1.165, 1.54) is 0 Å². The molecule has 0 radical (unpaired) electrons. The van der Waals surface area contributed by atoms with Crippen LogP contribution in [0.3, 0.4) is 0 Å². The van der Waals surface area contributed by atoms with Crippen LogP contribution in [0.1, 0.15) is 116 Å². The van der Waals surface area contributed by atoms with Crippen LogP contribution in [0, 0.1) is 34.6 Å². The van der Waals surface area contributed by atoms with E-state index in [0.29, 0.717) is 56.4 Å². The number of aromatic nitrogens is 6. The minimum Gasteiger partial charge on any atom is -0.361 e. The van der Waals surface area contributed by atoms with Gasteiger partial charge in [-0.25, -0.2) is 26.8 Å². The first-order valence-corrected chi connectivity index (χ1v) is 27.2. The standard InChI is InChI=1S/C28H29ClN4O4S.C21H24N4O4S/c1-16-4-6-21(15-22(16)29)32-25(8-9-26(32)34)28-30-23-14-19(27-17(2)31-37-18(27)3)5-7-24(23)33(28)20-10-12-38(35,36)13-11-20;1-12-20(13(2)29-24-12)14-3-5-18-17(11-14)23-21(16-4-6-19(26)22-16)25(18)15-7-9-30(27,28)10-8-15/h4-7,14-15,20,25H,8-13H2,1-3H3;3,5,11,15-16H,4,6-10H2,1-2H3,(H,22,26)/t25-;16-/m00/s1. The molecule has 2 amide bonds. The molecule has 1 N–H and O–H groups in total. The number of amides is 2. The number of carbonyl (C=O) groups excluding carboxylic acids is 2. The molecule has 4 aliphatic heterocycles. The van der Waals surface area contributed by atoms with Gasteiger partial charge in [0.05, 0.1) is 68.5 Å². The summed E-state index contributed by atoms with van der Waals surface area (Å²) in [6.45, 7) is 9.54. The molecule has 19 heteroatoms. The van der Waals surface area contributed by atoms with E-state index in [2.05, 4.69) is 24.8 Å². The van der Waals surface area contributed by atoms with Crippen LogP contribution in [-0.4, -0.2) is 81.1 Å². The SMILES string of the molecule is Cc1ccc(N2C(=O)CC[C@H]2c2nc3cc(-c4c(C)noc4C)ccc3n2C2CCS(=O)(=O)CC2)cc1Cl.Cc1noc(C)c1-c1ccc2c(c1)nc([C@@H]1CCC(=O)N1)n2C1CCS(=O)(=O)CC1. The Labute approximate surface area is 399 Å². The summed E-state index contributed by atoms with van der Waals surface area (Å²) in [5.74, 6) is 3.81. The maximum atomic E-state index is 13.2. The zero-order valence-electron chi connectivity index (χ0n) is 38.6. The van der Waals surface area contributed by atoms with Crippen molar-refractivity contribution >= 4 is 70.8 Å². The highest BCUT2D eigenvalue weighted by Gasteiger charge is 2.39. The Balaban J connectivity index is 0.000000163. The number of hydrogen-bond donors (Lipinski definition) is 1. The first-order chi connectivity index (χ1) is 32.4. The van der Waals surface area contributed by atoms with Crippen molar-refractivity contribution in [2.24, 2.45) is 0 Å². The summed E-state index contributed by atoms with van der Waals surface area (Å²) >= 11 is 6.44. The Bertz CT molecular complexity index is 3320. The average Bonchev–Trinajstić information content (AvgIpc) is 4.17. The monoisotopic (exact) mass is 980 g/mol. The van der Waals surface area contributed by atoms with Gasteiger partial charge in [0.25, 0.3) is 0 Å². The number of sulfone groups is 2. The molecular formula is C49H53ClN8O8S2. The molecule has 4 saturated heterocycles. The van der Waals surface area contributed by atoms with E-state index >= 15 is 0 Å². The summed E-state index contributed by atoms with van der Waals surface area (Å²) in [5.41, 5.74) is 10.7. The van der Waals surface area contributed by atoms with Gasteiger partial charge in [0.2, 0.25) is 11.8 Å². The molecule has 4 fully saturated rings. The van der Waals surface area contributed by atoms with Crippen LogP contribution >= 0.6 is 11.6 Å². The lowest BCUT2D eigenvalue weighted by molar-refractivity contribution is -0.119. The average molecular weight is 982 g/mol. The van der Waals surface area contributed by atoms with Crippen LogP contribution in [0.4, 0.5) is 5.69 Å². The van der Waals surface area contributed by atoms with Gasteiger partial charge in [-0.3, -0.25) is 9.59 Å². The highest BCUT2D eigenvalue weighted by molar-refractivity contribution is 7.91. The van der Waals surface area contributed by atoms with Gasteiger partial charge in [0.1, 0.15) is 42.8 Å². The van der Waals surface area contributed by atoms with Crippen LogP contribution in [0.2, 0.25) is 5.02 Å². The number of anilines is 1. The molecule has 68 heavy (non-hydrogen) atoms. The van der Waals surface area contributed by atoms with E-state index < -0.39 is 19.7 Å². The largest absolute Gasteiger partial charge is 0.361 e. The van der Waals surface area contributed by atoms with Crippen LogP contribution in [0.5, 0.6) is 0 Å². The lowest BCUT2D eigenvalue weighted by atomic mass is 10.0. The molecule has 4 aromatic heterocycles. The molecule has 0 aliphatic carbocycles. The number of imidazole rings is 2. The van der Waals surface area contributed by atoms with E-state index in [4.69, 9.17) is 30.6 Å². The second-order valence-electron chi connectivity index (χ2n) is 18.7. The van der Waals surface area contributed by atoms with Crippen LogP contribution < -0.4 is 10.2 Å². The summed E-state index contributed by atoms with van der Waals surface area (Å²) in [7, 11) is -6.01. The quantitative estimate of drug-likeness (QED) is 0.159. The van der Waals surface area contributed by atoms with Crippen molar-refractivity contribution in [2.45, 2.75) is 110 Å². The van der Waals surface area contributed by atoms with E-state index in [0.717, 1.165) is 90.1 Å². The van der Waals surface area contributed by atoms with Crippen molar-refractivity contribution in [2.75, 3.05) is 27.9 Å². The van der Waals surface area contributed by atoms with Gasteiger partial charge in [-0.1, -0.05) is 40.1 Å². The number of benzene rings is 3. The lowest BCUT2D eigenvalue weighted by Crippen LogP contribution is -2.31. The number of halogens is 1. The van der Waals surface area contributed by atoms with E-state index in [1.807, 2.05) is 89.2 Å². The fourth-order valence-electron chi connectivity index (χ4n) is 10.6. The van der Waals surface area contributed by atoms with Crippen molar-refractivity contribution < 1.29 is 35.5 Å². The summed E-state index contributed by atoms with van der Waals surface area (Å²) in [6.07, 6.45) is 4.37. The molecular weight excluding hydrogens is 928 g/mol. The van der Waals surface area contributed by atoms with Crippen molar-refractivity contribution in [3.05, 3.63) is 99.7 Å². The highest BCUT2D eigenvalue weighted by atomic mass is 35.5. The molecule has 3 aromatic carbocycles. The lowest BCUT2D eigenvalue weighted by Gasteiger charge is -2.30. The molecule has 2 atom stereocenters. The Hall–Kier alpha value is -5.85. The molecule has 16 nitrogen and oxygen atoms in total. The molecule has 7 aromatic rings. The van der Waals surface area contributed by atoms with Crippen LogP contribution in [0.25, 0.3) is 44.3 Å². The maximum Gasteiger partial charge on any atom is 0.227 e. The van der Waals surface area contributed by atoms with E-state index in [1.54, 1.807) is 4.90 Å². The fraction of sp³-hybridized carbons (Fsp3) is 0.429. The smallest absolute Gasteiger partial charge is 0.227 e. The zero-order valence-corrected chi connectivity index (χ0v) is 41.0. The van der Waals surface area contributed by atoms with Gasteiger partial charge < -0.3 is 28.4 Å². The summed E-state index contributed by atoms with van der Waals surface area (Å²) in [6, 6.07) is 17.5. The van der Waals surface area contributed by atoms with Gasteiger partial charge in [0.15, 0.2) is 0 Å². The number of rotatable bonds is 7. The molecule has 4 aliphatic rings. The molecule has 356 valence electrons. The third-order valence-corrected chi connectivity index (χ3v) is 17.9. The number of aryl methyl sites for hydroxylation is 5. The highest BCUT2D eigenvalue weighted by Crippen LogP contribution is 2.43. The summed E-state index contributed by atoms with van der Waals surface area (Å²) in [4.78, 5) is 36.9. The molecule has 8 heterocycles. The minimum absolute atomic E-state index is 0.0242. The van der Waals surface area contributed by atoms with Gasteiger partial charge in [-0.05, 0) is 126 Å². The van der Waals surface area contributed by atoms with Crippen molar-refractivity contribution in [1.29, 1.82) is 0 Å². The second-order valence-corrected chi connectivity index (χ2v) is 23.7. The minimum atomic E-state index is -3.04. The van der Waals surface area contributed by atoms with Crippen LogP contribution in [-0.2, 0) is 29.3 Å². The summed E-state index contributed by atoms with van der Waals surface area (Å²) in [5, 5.41) is 11.8. The molecule has 0 spiro atoms. The van der Waals surface area contributed by atoms with Gasteiger partial charge >= 0.3 is 0 Å². The maximum absolute atomic E-state index is 13.2. The van der Waals surface area contributed by atoms with Crippen molar-refractivity contribution in [3.8, 4) is 22.3 Å². The first kappa shape index (κ1) is 45.9. The summed E-state index contributed by atoms with van der Waals surface area (Å²) < 4.78 is 63.5. The Kier molecular flexibility index (Phi) is 11.9.